The predicted molar refractivity (Wildman–Crippen MR) is 102 cm³/mol. The van der Waals surface area contributed by atoms with Crippen molar-refractivity contribution in [1.82, 2.24) is 19.8 Å². The zero-order chi connectivity index (χ0) is 19.6. The minimum Gasteiger partial charge on any atom is -0.448 e. The summed E-state index contributed by atoms with van der Waals surface area (Å²) in [7, 11) is 0. The minimum atomic E-state index is -0.0408. The largest absolute Gasteiger partial charge is 0.448 e. The normalized spacial score (nSPS) is 19.2. The minimum absolute atomic E-state index is 0.0408. The summed E-state index contributed by atoms with van der Waals surface area (Å²) < 4.78 is 5.31. The third-order valence-corrected chi connectivity index (χ3v) is 6.15. The lowest BCUT2D eigenvalue weighted by molar-refractivity contribution is -0.139. The number of likely N-dealkylation sites (tertiary alicyclic amines) is 2. The Bertz CT molecular complexity index is 840. The number of carbonyl (C=O) groups excluding carboxylic acids is 2. The number of hydrogen-bond donors (Lipinski definition) is 0. The lowest BCUT2D eigenvalue weighted by Crippen LogP contribution is -2.52. The summed E-state index contributed by atoms with van der Waals surface area (Å²) in [5.41, 5.74) is 1.65. The van der Waals surface area contributed by atoms with Gasteiger partial charge in [-0.1, -0.05) is 6.92 Å². The van der Waals surface area contributed by atoms with Gasteiger partial charge in [0, 0.05) is 51.4 Å². The van der Waals surface area contributed by atoms with Gasteiger partial charge < -0.3 is 14.2 Å². The van der Waals surface area contributed by atoms with E-state index in [4.69, 9.17) is 4.42 Å². The van der Waals surface area contributed by atoms with Gasteiger partial charge in [0.05, 0.1) is 0 Å². The van der Waals surface area contributed by atoms with Crippen LogP contribution in [-0.4, -0.2) is 51.2 Å². The number of aryl methyl sites for hydroxylation is 1. The van der Waals surface area contributed by atoms with Crippen LogP contribution in [0.1, 0.15) is 54.4 Å². The van der Waals surface area contributed by atoms with E-state index in [2.05, 4.69) is 9.97 Å². The smallest absolute Gasteiger partial charge is 0.276 e. The number of piperidine rings is 2. The van der Waals surface area contributed by atoms with Gasteiger partial charge in [-0.15, -0.1) is 0 Å². The Labute approximate surface area is 164 Å². The summed E-state index contributed by atoms with van der Waals surface area (Å²) in [6.07, 6.45) is 8.85. The zero-order valence-electron chi connectivity index (χ0n) is 16.3. The Hall–Kier alpha value is -2.70. The maximum Gasteiger partial charge on any atom is 0.276 e. The van der Waals surface area contributed by atoms with Crippen molar-refractivity contribution in [3.05, 3.63) is 47.9 Å². The van der Waals surface area contributed by atoms with Crippen molar-refractivity contribution in [2.75, 3.05) is 19.6 Å². The molecule has 2 saturated heterocycles. The van der Waals surface area contributed by atoms with Gasteiger partial charge in [0.1, 0.15) is 5.76 Å². The fourth-order valence-corrected chi connectivity index (χ4v) is 4.39. The van der Waals surface area contributed by atoms with Crippen molar-refractivity contribution >= 4 is 11.8 Å². The molecule has 0 aliphatic carbocycles. The standard InChI is InChI=1S/C21H26N4O3/c1-2-17-19(23-15-28-17)20(27)24-11-7-21(8-12-24)6-3-18(26)25(14-21)13-16-4-9-22-10-5-16/h4-5,9-10,15H,2-3,6-8,11-14H2,1H3. The van der Waals surface area contributed by atoms with Crippen LogP contribution >= 0.6 is 0 Å². The first-order valence-electron chi connectivity index (χ1n) is 9.98. The monoisotopic (exact) mass is 382 g/mol. The summed E-state index contributed by atoms with van der Waals surface area (Å²) in [6, 6.07) is 3.91. The molecule has 148 valence electrons. The molecule has 0 atom stereocenters. The quantitative estimate of drug-likeness (QED) is 0.812. The van der Waals surface area contributed by atoms with Crippen molar-refractivity contribution in [3.8, 4) is 0 Å². The van der Waals surface area contributed by atoms with Crippen LogP contribution in [0.25, 0.3) is 0 Å². The van der Waals surface area contributed by atoms with Crippen molar-refractivity contribution in [2.45, 2.75) is 45.6 Å². The predicted octanol–water partition coefficient (Wildman–Crippen LogP) is 2.68. The van der Waals surface area contributed by atoms with Crippen LogP contribution in [0.3, 0.4) is 0 Å². The topological polar surface area (TPSA) is 79.5 Å². The molecule has 0 N–H and O–H groups in total. The SMILES string of the molecule is CCc1ocnc1C(=O)N1CCC2(CCC(=O)N(Cc3ccncc3)C2)CC1. The molecule has 4 heterocycles. The summed E-state index contributed by atoms with van der Waals surface area (Å²) >= 11 is 0. The Morgan fingerprint density at radius 2 is 1.96 bits per heavy atom. The molecular weight excluding hydrogens is 356 g/mol. The van der Waals surface area contributed by atoms with Gasteiger partial charge in [0.25, 0.3) is 5.91 Å². The van der Waals surface area contributed by atoms with E-state index in [0.717, 1.165) is 31.4 Å². The molecule has 0 radical (unpaired) electrons. The molecule has 0 bridgehead atoms. The molecule has 7 nitrogen and oxygen atoms in total. The first kappa shape index (κ1) is 18.7. The van der Waals surface area contributed by atoms with E-state index in [-0.39, 0.29) is 17.2 Å². The van der Waals surface area contributed by atoms with E-state index in [9.17, 15) is 9.59 Å². The molecule has 2 amide bonds. The second-order valence-electron chi connectivity index (χ2n) is 7.88. The van der Waals surface area contributed by atoms with Crippen molar-refractivity contribution in [3.63, 3.8) is 0 Å². The van der Waals surface area contributed by atoms with Gasteiger partial charge in [0.2, 0.25) is 5.91 Å². The highest BCUT2D eigenvalue weighted by atomic mass is 16.3. The van der Waals surface area contributed by atoms with Crippen molar-refractivity contribution < 1.29 is 14.0 Å². The highest BCUT2D eigenvalue weighted by molar-refractivity contribution is 5.93. The van der Waals surface area contributed by atoms with E-state index in [1.807, 2.05) is 28.9 Å². The summed E-state index contributed by atoms with van der Waals surface area (Å²) in [5.74, 6) is 0.828. The average molecular weight is 382 g/mol. The summed E-state index contributed by atoms with van der Waals surface area (Å²) in [5, 5.41) is 0. The maximum absolute atomic E-state index is 12.8. The lowest BCUT2D eigenvalue weighted by atomic mass is 9.72. The number of carbonyl (C=O) groups is 2. The van der Waals surface area contributed by atoms with Crippen molar-refractivity contribution in [2.24, 2.45) is 5.41 Å². The molecule has 0 unspecified atom stereocenters. The van der Waals surface area contributed by atoms with Crippen LogP contribution in [0, 0.1) is 5.41 Å². The fraction of sp³-hybridized carbons (Fsp3) is 0.524. The molecule has 1 spiro atoms. The van der Waals surface area contributed by atoms with Gasteiger partial charge in [-0.25, -0.2) is 4.98 Å². The van der Waals surface area contributed by atoms with Crippen LogP contribution in [0.15, 0.2) is 35.3 Å². The average Bonchev–Trinajstić information content (AvgIpc) is 3.21. The number of pyridine rings is 1. The number of nitrogens with zero attached hydrogens (tertiary/aromatic N) is 4. The molecule has 0 aromatic carbocycles. The van der Waals surface area contributed by atoms with Gasteiger partial charge in [-0.05, 0) is 42.4 Å². The second-order valence-corrected chi connectivity index (χ2v) is 7.88. The number of oxazole rings is 1. The van der Waals surface area contributed by atoms with Gasteiger partial charge in [-0.3, -0.25) is 14.6 Å². The zero-order valence-corrected chi connectivity index (χ0v) is 16.3. The third kappa shape index (κ3) is 3.66. The molecule has 2 aromatic rings. The molecular formula is C21H26N4O3. The second kappa shape index (κ2) is 7.73. The summed E-state index contributed by atoms with van der Waals surface area (Å²) in [4.78, 5) is 37.3. The van der Waals surface area contributed by atoms with Gasteiger partial charge >= 0.3 is 0 Å². The molecule has 28 heavy (non-hydrogen) atoms. The van der Waals surface area contributed by atoms with Crippen LogP contribution in [0.4, 0.5) is 0 Å². The molecule has 2 aliphatic rings. The van der Waals surface area contributed by atoms with Crippen LogP contribution in [-0.2, 0) is 17.8 Å². The first-order chi connectivity index (χ1) is 13.6. The summed E-state index contributed by atoms with van der Waals surface area (Å²) in [6.45, 7) is 4.75. The van der Waals surface area contributed by atoms with Gasteiger partial charge in [0.15, 0.2) is 12.1 Å². The molecule has 2 aromatic heterocycles. The van der Waals surface area contributed by atoms with E-state index in [1.54, 1.807) is 12.4 Å². The highest BCUT2D eigenvalue weighted by Gasteiger charge is 2.42. The Morgan fingerprint density at radius 1 is 1.21 bits per heavy atom. The molecule has 0 saturated carbocycles. The molecule has 4 rings (SSSR count). The molecule has 2 aliphatic heterocycles. The maximum atomic E-state index is 12.8. The fourth-order valence-electron chi connectivity index (χ4n) is 4.39. The Kier molecular flexibility index (Phi) is 5.15. The Morgan fingerprint density at radius 3 is 2.68 bits per heavy atom. The van der Waals surface area contributed by atoms with E-state index in [0.29, 0.717) is 43.9 Å². The van der Waals surface area contributed by atoms with E-state index < -0.39 is 0 Å². The van der Waals surface area contributed by atoms with Crippen molar-refractivity contribution in [1.29, 1.82) is 0 Å². The molecule has 7 heteroatoms. The highest BCUT2D eigenvalue weighted by Crippen LogP contribution is 2.40. The third-order valence-electron chi connectivity index (χ3n) is 6.15. The number of aromatic nitrogens is 2. The Balaban J connectivity index is 1.40. The lowest BCUT2D eigenvalue weighted by Gasteiger charge is -2.47. The molecule has 2 fully saturated rings. The van der Waals surface area contributed by atoms with E-state index in [1.165, 1.54) is 6.39 Å². The van der Waals surface area contributed by atoms with E-state index >= 15 is 0 Å². The number of rotatable bonds is 4. The van der Waals surface area contributed by atoms with Crippen LogP contribution < -0.4 is 0 Å². The number of amides is 2. The van der Waals surface area contributed by atoms with Crippen LogP contribution in [0.5, 0.6) is 0 Å². The van der Waals surface area contributed by atoms with Crippen LogP contribution in [0.2, 0.25) is 0 Å². The van der Waals surface area contributed by atoms with Gasteiger partial charge in [-0.2, -0.15) is 0 Å². The number of hydrogen-bond acceptors (Lipinski definition) is 5. The first-order valence-corrected chi connectivity index (χ1v) is 9.98.